The molecular formula is C15H10ClFN4. The molecule has 0 radical (unpaired) electrons. The first-order chi connectivity index (χ1) is 9.78. The molecule has 104 valence electrons. The number of halogens is 2. The molecule has 3 rings (SSSR count). The topological polar surface area (TPSA) is 65.4 Å². The molecule has 21 heavy (non-hydrogen) atoms. The second-order valence-corrected chi connectivity index (χ2v) is 4.17. The molecule has 4 nitrogen and oxygen atoms in total. The van der Waals surface area contributed by atoms with Gasteiger partial charge in [0, 0.05) is 11.8 Å². The summed E-state index contributed by atoms with van der Waals surface area (Å²) < 4.78 is 12.9. The van der Waals surface area contributed by atoms with Crippen LogP contribution in [0.3, 0.4) is 0 Å². The molecule has 0 unspecified atom stereocenters. The van der Waals surface area contributed by atoms with Gasteiger partial charge in [0.15, 0.2) is 0 Å². The molecule has 0 spiro atoms. The van der Waals surface area contributed by atoms with Crippen LogP contribution < -0.4 is 0 Å². The van der Waals surface area contributed by atoms with E-state index in [0.29, 0.717) is 22.6 Å². The number of aromatic nitrogens is 3. The molecule has 0 aliphatic carbocycles. The van der Waals surface area contributed by atoms with Gasteiger partial charge in [-0.05, 0) is 42.5 Å². The van der Waals surface area contributed by atoms with Crippen molar-refractivity contribution in [2.24, 2.45) is 0 Å². The van der Waals surface area contributed by atoms with Crippen molar-refractivity contribution in [3.8, 4) is 28.7 Å². The van der Waals surface area contributed by atoms with E-state index in [1.165, 1.54) is 12.1 Å². The second kappa shape index (κ2) is 6.16. The molecular weight excluding hydrogens is 291 g/mol. The van der Waals surface area contributed by atoms with Gasteiger partial charge in [0.05, 0.1) is 11.3 Å². The van der Waals surface area contributed by atoms with Crippen LogP contribution in [0.2, 0.25) is 0 Å². The summed E-state index contributed by atoms with van der Waals surface area (Å²) in [4.78, 5) is 4.46. The maximum absolute atomic E-state index is 12.9. The molecule has 0 aliphatic heterocycles. The first-order valence-electron chi connectivity index (χ1n) is 5.95. The first kappa shape index (κ1) is 14.7. The van der Waals surface area contributed by atoms with Gasteiger partial charge < -0.3 is 0 Å². The summed E-state index contributed by atoms with van der Waals surface area (Å²) in [7, 11) is 0. The summed E-state index contributed by atoms with van der Waals surface area (Å²) in [5.41, 5.74) is 3.01. The van der Waals surface area contributed by atoms with Crippen LogP contribution in [0, 0.1) is 17.1 Å². The Balaban J connectivity index is 0.00000161. The zero-order valence-electron chi connectivity index (χ0n) is 10.7. The number of pyridine rings is 1. The number of hydrogen-bond acceptors (Lipinski definition) is 3. The van der Waals surface area contributed by atoms with Gasteiger partial charge in [-0.15, -0.1) is 12.4 Å². The molecule has 0 saturated heterocycles. The van der Waals surface area contributed by atoms with Crippen molar-refractivity contribution in [2.75, 3.05) is 0 Å². The average molecular weight is 301 g/mol. The highest BCUT2D eigenvalue weighted by atomic mass is 35.5. The van der Waals surface area contributed by atoms with E-state index in [1.54, 1.807) is 36.5 Å². The Morgan fingerprint density at radius 2 is 1.76 bits per heavy atom. The summed E-state index contributed by atoms with van der Waals surface area (Å²) in [5.74, 6) is -0.296. The number of aromatic amines is 1. The van der Waals surface area contributed by atoms with E-state index in [1.807, 2.05) is 0 Å². The summed E-state index contributed by atoms with van der Waals surface area (Å²) >= 11 is 0. The molecule has 0 fully saturated rings. The van der Waals surface area contributed by atoms with Crippen molar-refractivity contribution >= 4 is 12.4 Å². The molecule has 0 bridgehead atoms. The lowest BCUT2D eigenvalue weighted by Gasteiger charge is -2.05. The minimum atomic E-state index is -0.296. The van der Waals surface area contributed by atoms with Crippen molar-refractivity contribution in [1.29, 1.82) is 5.26 Å². The van der Waals surface area contributed by atoms with Crippen molar-refractivity contribution in [3.05, 3.63) is 60.0 Å². The SMILES string of the molecule is Cl.N#Cc1ccc(-c2ccc(F)cc2)nc1-c1cc[nH]n1. The van der Waals surface area contributed by atoms with Gasteiger partial charge in [-0.25, -0.2) is 9.37 Å². The third-order valence-electron chi connectivity index (χ3n) is 2.90. The van der Waals surface area contributed by atoms with Crippen LogP contribution in [-0.2, 0) is 0 Å². The highest BCUT2D eigenvalue weighted by molar-refractivity contribution is 5.85. The molecule has 6 heteroatoms. The Morgan fingerprint density at radius 1 is 1.00 bits per heavy atom. The van der Waals surface area contributed by atoms with Crippen molar-refractivity contribution in [2.45, 2.75) is 0 Å². The minimum absolute atomic E-state index is 0. The van der Waals surface area contributed by atoms with E-state index in [9.17, 15) is 4.39 Å². The van der Waals surface area contributed by atoms with E-state index in [4.69, 9.17) is 5.26 Å². The number of nitrogens with one attached hydrogen (secondary N) is 1. The van der Waals surface area contributed by atoms with Gasteiger partial charge in [0.25, 0.3) is 0 Å². The Morgan fingerprint density at radius 3 is 2.38 bits per heavy atom. The lowest BCUT2D eigenvalue weighted by Crippen LogP contribution is -1.93. The van der Waals surface area contributed by atoms with Gasteiger partial charge in [-0.3, -0.25) is 5.10 Å². The Labute approximate surface area is 126 Å². The predicted octanol–water partition coefficient (Wildman–Crippen LogP) is 3.57. The van der Waals surface area contributed by atoms with Crippen LogP contribution in [-0.4, -0.2) is 15.2 Å². The standard InChI is InChI=1S/C15H9FN4.ClH/c16-12-4-1-10(2-5-12)13-6-3-11(9-17)15(19-13)14-7-8-18-20-14;/h1-8H,(H,18,20);1H. The van der Waals surface area contributed by atoms with Crippen molar-refractivity contribution < 1.29 is 4.39 Å². The van der Waals surface area contributed by atoms with Crippen LogP contribution in [0.25, 0.3) is 22.6 Å². The first-order valence-corrected chi connectivity index (χ1v) is 5.95. The highest BCUT2D eigenvalue weighted by Crippen LogP contribution is 2.24. The zero-order chi connectivity index (χ0) is 13.9. The Hall–Kier alpha value is -2.71. The number of nitrogens with zero attached hydrogens (tertiary/aromatic N) is 3. The highest BCUT2D eigenvalue weighted by Gasteiger charge is 2.11. The van der Waals surface area contributed by atoms with E-state index in [0.717, 1.165) is 5.56 Å². The lowest BCUT2D eigenvalue weighted by molar-refractivity contribution is 0.628. The predicted molar refractivity (Wildman–Crippen MR) is 79.2 cm³/mol. The smallest absolute Gasteiger partial charge is 0.123 e. The van der Waals surface area contributed by atoms with Gasteiger partial charge in [-0.2, -0.15) is 10.4 Å². The fourth-order valence-electron chi connectivity index (χ4n) is 1.92. The Bertz CT molecular complexity index is 776. The van der Waals surface area contributed by atoms with E-state index < -0.39 is 0 Å². The van der Waals surface area contributed by atoms with Crippen LogP contribution in [0.1, 0.15) is 5.56 Å². The van der Waals surface area contributed by atoms with Crippen LogP contribution in [0.5, 0.6) is 0 Å². The van der Waals surface area contributed by atoms with E-state index in [-0.39, 0.29) is 18.2 Å². The second-order valence-electron chi connectivity index (χ2n) is 4.17. The molecule has 3 aromatic rings. The largest absolute Gasteiger partial charge is 0.285 e. The summed E-state index contributed by atoms with van der Waals surface area (Å²) in [6.45, 7) is 0. The number of nitriles is 1. The summed E-state index contributed by atoms with van der Waals surface area (Å²) in [6, 6.07) is 13.3. The molecule has 0 aliphatic rings. The minimum Gasteiger partial charge on any atom is -0.285 e. The van der Waals surface area contributed by atoms with Gasteiger partial charge in [0.2, 0.25) is 0 Å². The Kier molecular flexibility index (Phi) is 4.31. The molecule has 2 heterocycles. The van der Waals surface area contributed by atoms with Crippen LogP contribution >= 0.6 is 12.4 Å². The fourth-order valence-corrected chi connectivity index (χ4v) is 1.92. The average Bonchev–Trinajstić information content (AvgIpc) is 3.01. The molecule has 0 atom stereocenters. The van der Waals surface area contributed by atoms with E-state index >= 15 is 0 Å². The molecule has 0 amide bonds. The maximum Gasteiger partial charge on any atom is 0.123 e. The van der Waals surface area contributed by atoms with Crippen molar-refractivity contribution in [1.82, 2.24) is 15.2 Å². The van der Waals surface area contributed by atoms with Gasteiger partial charge in [-0.1, -0.05) is 0 Å². The zero-order valence-corrected chi connectivity index (χ0v) is 11.6. The maximum atomic E-state index is 12.9. The third-order valence-corrected chi connectivity index (χ3v) is 2.90. The molecule has 1 aromatic carbocycles. The summed E-state index contributed by atoms with van der Waals surface area (Å²) in [5, 5.41) is 15.9. The third kappa shape index (κ3) is 2.91. The van der Waals surface area contributed by atoms with Crippen LogP contribution in [0.4, 0.5) is 4.39 Å². The lowest BCUT2D eigenvalue weighted by atomic mass is 10.1. The molecule has 0 saturated carbocycles. The fraction of sp³-hybridized carbons (Fsp3) is 0. The number of benzene rings is 1. The monoisotopic (exact) mass is 300 g/mol. The molecule has 2 aromatic heterocycles. The number of H-pyrrole nitrogens is 1. The van der Waals surface area contributed by atoms with Crippen LogP contribution in [0.15, 0.2) is 48.7 Å². The van der Waals surface area contributed by atoms with Crippen molar-refractivity contribution in [3.63, 3.8) is 0 Å². The quantitative estimate of drug-likeness (QED) is 0.787. The number of rotatable bonds is 2. The number of hydrogen-bond donors (Lipinski definition) is 1. The molecule has 1 N–H and O–H groups in total. The normalized spacial score (nSPS) is 9.71. The van der Waals surface area contributed by atoms with Gasteiger partial charge in [0.1, 0.15) is 23.3 Å². The van der Waals surface area contributed by atoms with E-state index in [2.05, 4.69) is 21.3 Å². The van der Waals surface area contributed by atoms with Gasteiger partial charge >= 0.3 is 0 Å². The summed E-state index contributed by atoms with van der Waals surface area (Å²) in [6.07, 6.45) is 1.67.